The molecule has 4 amide bonds. The summed E-state index contributed by atoms with van der Waals surface area (Å²) in [5.74, 6) is -2.80. The quantitative estimate of drug-likeness (QED) is 0.0160. The Morgan fingerprint density at radius 1 is 0.298 bits per heavy atom. The van der Waals surface area contributed by atoms with Crippen molar-refractivity contribution in [1.29, 1.82) is 0 Å². The number of benzene rings is 10. The molecule has 584 valence electrons. The molecule has 5 aliphatic heterocycles. The van der Waals surface area contributed by atoms with Crippen LogP contribution in [0.1, 0.15) is 85.9 Å². The first-order valence-electron chi connectivity index (χ1n) is 38.1. The number of fused-ring (bicyclic) bond motifs is 2. The van der Waals surface area contributed by atoms with Crippen LogP contribution in [0.25, 0.3) is 10.4 Å². The van der Waals surface area contributed by atoms with Crippen LogP contribution in [0.2, 0.25) is 0 Å². The molecule has 24 nitrogen and oxygen atoms in total. The zero-order chi connectivity index (χ0) is 77.8. The lowest BCUT2D eigenvalue weighted by molar-refractivity contribution is -0.374. The fourth-order valence-electron chi connectivity index (χ4n) is 14.7. The Morgan fingerprint density at radius 2 is 0.561 bits per heavy atom. The molecule has 0 aromatic heterocycles. The van der Waals surface area contributed by atoms with E-state index >= 15 is 9.59 Å². The van der Waals surface area contributed by atoms with Gasteiger partial charge in [0.1, 0.15) is 67.1 Å². The molecule has 10 aromatic rings. The number of carbonyl (C=O) groups excluding carboxylic acids is 4. The van der Waals surface area contributed by atoms with Crippen LogP contribution in [0.15, 0.2) is 296 Å². The van der Waals surface area contributed by atoms with E-state index in [2.05, 4.69) is 20.9 Å². The highest BCUT2D eigenvalue weighted by molar-refractivity contribution is 6.21. The minimum Gasteiger partial charge on any atom is -0.374 e. The zero-order valence-corrected chi connectivity index (χ0v) is 62.3. The van der Waals surface area contributed by atoms with E-state index < -0.39 is 116 Å². The second-order valence-electron chi connectivity index (χ2n) is 28.2. The largest absolute Gasteiger partial charge is 0.374 e. The molecule has 2 N–H and O–H groups in total. The van der Waals surface area contributed by atoms with Crippen molar-refractivity contribution < 1.29 is 80.8 Å². The number of rotatable bonds is 36. The number of ether oxygens (including phenoxy) is 13. The van der Waals surface area contributed by atoms with Crippen molar-refractivity contribution in [3.8, 4) is 0 Å². The third-order valence-electron chi connectivity index (χ3n) is 20.4. The lowest BCUT2D eigenvalue weighted by Crippen LogP contribution is -2.72. The molecule has 0 radical (unpaired) electrons. The van der Waals surface area contributed by atoms with Gasteiger partial charge in [0, 0.05) is 4.91 Å². The van der Waals surface area contributed by atoms with Gasteiger partial charge in [0.15, 0.2) is 18.8 Å². The molecule has 0 spiro atoms. The molecular formula is C90H87N7O17. The van der Waals surface area contributed by atoms with Crippen LogP contribution in [0.3, 0.4) is 0 Å². The van der Waals surface area contributed by atoms with Crippen LogP contribution in [0, 0.1) is 0 Å². The summed E-state index contributed by atoms with van der Waals surface area (Å²) in [6.45, 7) is -0.176. The molecular weight excluding hydrogens is 1450 g/mol. The number of azide groups is 1. The Hall–Kier alpha value is -10.8. The normalized spacial score (nSPS) is 24.6. The second-order valence-corrected chi connectivity index (χ2v) is 28.2. The highest BCUT2D eigenvalue weighted by atomic mass is 16.8. The summed E-state index contributed by atoms with van der Waals surface area (Å²) in [5, 5.41) is 5.95. The number of amides is 4. The maximum absolute atomic E-state index is 15.3. The molecule has 0 saturated carbocycles. The number of hydrazine groups is 2. The molecule has 0 bridgehead atoms. The molecule has 3 fully saturated rings. The van der Waals surface area contributed by atoms with Crippen molar-refractivity contribution in [2.75, 3.05) is 19.8 Å². The number of nitrogens with zero attached hydrogens (tertiary/aromatic N) is 5. The van der Waals surface area contributed by atoms with E-state index in [1.165, 1.54) is 0 Å². The van der Waals surface area contributed by atoms with E-state index in [4.69, 9.17) is 61.6 Å². The standard InChI is InChI=1S/C90H87N7O17/c91-95-92-84-75(93-96-85(98)68-45-25-26-46-69(68)86(96)99)80(106-53-64-37-17-5-18-38-64)78(73(110-84)58-103-50-61-31-11-2-12-32-61)113-89-76(94-97-87(100)70-47-27-28-48-71(70)88(97)101)81(107-54-65-39-19-6-20-40-65)79(74(111-89)59-104-51-62-33-13-3-14-34-62)114-90-83(109-56-67-43-23-8-24-44-67)82(108-55-66-41-21-7-22-42-66)77(105-52-63-35-15-4-16-36-63)72(112-90)57-102-49-60-29-9-1-10-30-60/h1-48,72-84,89-90,93-94H,49-59H2/t72-,73-,74-,75-,76-,77-,78-,79-,80-,81-,82+,83+,84-,89+,90+/m1/s1. The zero-order valence-electron chi connectivity index (χ0n) is 62.3. The molecule has 114 heavy (non-hydrogen) atoms. The van der Waals surface area contributed by atoms with Crippen LogP contribution in [-0.4, -0.2) is 145 Å². The third kappa shape index (κ3) is 19.3. The Labute approximate surface area is 660 Å². The summed E-state index contributed by atoms with van der Waals surface area (Å²) in [4.78, 5) is 62.9. The predicted octanol–water partition coefficient (Wildman–Crippen LogP) is 13.2. The Morgan fingerprint density at radius 3 is 0.912 bits per heavy atom. The Bertz CT molecular complexity index is 4730. The van der Waals surface area contributed by atoms with Crippen LogP contribution in [0.4, 0.5) is 0 Å². The molecule has 10 aromatic carbocycles. The molecule has 24 heteroatoms. The van der Waals surface area contributed by atoms with Gasteiger partial charge in [-0.05, 0) is 74.3 Å². The highest BCUT2D eigenvalue weighted by Crippen LogP contribution is 2.40. The molecule has 5 aliphatic rings. The molecule has 15 rings (SSSR count). The van der Waals surface area contributed by atoms with Crippen molar-refractivity contribution >= 4 is 23.6 Å². The van der Waals surface area contributed by atoms with Crippen molar-refractivity contribution in [3.05, 3.63) is 368 Å². The first-order chi connectivity index (χ1) is 56.2. The maximum Gasteiger partial charge on any atom is 0.276 e. The number of hydrogen-bond acceptors (Lipinski definition) is 20. The van der Waals surface area contributed by atoms with Crippen LogP contribution >= 0.6 is 0 Å². The van der Waals surface area contributed by atoms with Crippen molar-refractivity contribution in [2.24, 2.45) is 5.11 Å². The van der Waals surface area contributed by atoms with E-state index in [1.807, 2.05) is 243 Å². The van der Waals surface area contributed by atoms with Gasteiger partial charge in [-0.3, -0.25) is 19.2 Å². The Balaban J connectivity index is 0.885. The van der Waals surface area contributed by atoms with Crippen LogP contribution in [0.5, 0.6) is 0 Å². The van der Waals surface area contributed by atoms with Gasteiger partial charge in [-0.2, -0.15) is 0 Å². The smallest absolute Gasteiger partial charge is 0.276 e. The molecule has 3 saturated heterocycles. The average molecular weight is 1540 g/mol. The number of hydrogen-bond donors (Lipinski definition) is 2. The number of imide groups is 2. The summed E-state index contributed by atoms with van der Waals surface area (Å²) >= 11 is 0. The van der Waals surface area contributed by atoms with Crippen molar-refractivity contribution in [2.45, 2.75) is 145 Å². The lowest BCUT2D eigenvalue weighted by atomic mass is 9.93. The predicted molar refractivity (Wildman–Crippen MR) is 416 cm³/mol. The molecule has 15 atom stereocenters. The second kappa shape index (κ2) is 38.8. The Kier molecular flexibility index (Phi) is 26.7. The van der Waals surface area contributed by atoms with Gasteiger partial charge in [0.25, 0.3) is 23.6 Å². The van der Waals surface area contributed by atoms with Gasteiger partial charge in [-0.1, -0.05) is 272 Å². The third-order valence-corrected chi connectivity index (χ3v) is 20.4. The summed E-state index contributed by atoms with van der Waals surface area (Å²) in [7, 11) is 0. The van der Waals surface area contributed by atoms with Gasteiger partial charge in [-0.15, -0.1) is 0 Å². The van der Waals surface area contributed by atoms with E-state index in [1.54, 1.807) is 48.5 Å². The van der Waals surface area contributed by atoms with Gasteiger partial charge in [0.05, 0.1) is 101 Å². The summed E-state index contributed by atoms with van der Waals surface area (Å²) in [5.41, 5.74) is 24.0. The first kappa shape index (κ1) is 78.5. The van der Waals surface area contributed by atoms with Crippen LogP contribution in [-0.2, 0) is 114 Å². The monoisotopic (exact) mass is 1540 g/mol. The van der Waals surface area contributed by atoms with E-state index in [9.17, 15) is 15.1 Å². The number of carbonyl (C=O) groups is 4. The summed E-state index contributed by atoms with van der Waals surface area (Å²) < 4.78 is 94.0. The van der Waals surface area contributed by atoms with Gasteiger partial charge in [-0.25, -0.2) is 20.9 Å². The van der Waals surface area contributed by atoms with E-state index in [-0.39, 0.29) is 94.9 Å². The maximum atomic E-state index is 15.3. The molecule has 5 heterocycles. The number of nitrogens with one attached hydrogen (secondary N) is 2. The van der Waals surface area contributed by atoms with E-state index in [0.717, 1.165) is 49.0 Å². The van der Waals surface area contributed by atoms with Gasteiger partial charge >= 0.3 is 0 Å². The SMILES string of the molecule is [N-]=[N+]=N[C@@H]1O[C@H](COCc2ccccc2)[C@@H](O[C@@H]2O[C@H](COCc3ccccc3)[C@@H](O[C@@H]3O[C@H](COCc4ccccc4)[C@@H](OCc4ccccc4)[C@H](OCc4ccccc4)[C@@H]3OCc3ccccc3)[C@H](OCc3ccccc3)[C@H]2NN2C(=O)c3ccccc3C2=O)[C@H](OCc2ccccc2)[C@H]1NN1C(=O)c2ccccc2C1=O. The minimum absolute atomic E-state index is 0.0374. The molecule has 0 aliphatic carbocycles. The van der Waals surface area contributed by atoms with Crippen molar-refractivity contribution in [1.82, 2.24) is 20.9 Å². The molecule has 0 unspecified atom stereocenters. The first-order valence-corrected chi connectivity index (χ1v) is 38.1. The fraction of sp³-hybridized carbons (Fsp3) is 0.289. The topological polar surface area (TPSA) is 268 Å². The summed E-state index contributed by atoms with van der Waals surface area (Å²) in [6, 6.07) is 86.7. The summed E-state index contributed by atoms with van der Waals surface area (Å²) in [6.07, 6.45) is -16.9. The highest BCUT2D eigenvalue weighted by Gasteiger charge is 2.58. The minimum atomic E-state index is -1.71. The average Bonchev–Trinajstić information content (AvgIpc) is 1.16. The fourth-order valence-corrected chi connectivity index (χ4v) is 14.7. The van der Waals surface area contributed by atoms with Gasteiger partial charge in [0.2, 0.25) is 0 Å². The van der Waals surface area contributed by atoms with Crippen molar-refractivity contribution in [3.63, 3.8) is 0 Å². The lowest BCUT2D eigenvalue weighted by Gasteiger charge is -2.52. The van der Waals surface area contributed by atoms with Crippen LogP contribution < -0.4 is 10.9 Å². The van der Waals surface area contributed by atoms with Gasteiger partial charge < -0.3 is 61.6 Å². The van der Waals surface area contributed by atoms with E-state index in [0.29, 0.717) is 5.56 Å².